The lowest BCUT2D eigenvalue weighted by molar-refractivity contribution is 0.0794. The van der Waals surface area contributed by atoms with Crippen molar-refractivity contribution in [1.82, 2.24) is 24.6 Å². The van der Waals surface area contributed by atoms with Crippen LogP contribution in [0.5, 0.6) is 0 Å². The molecule has 0 atom stereocenters. The van der Waals surface area contributed by atoms with E-state index in [2.05, 4.69) is 15.1 Å². The molecule has 0 aliphatic heterocycles. The summed E-state index contributed by atoms with van der Waals surface area (Å²) in [6.45, 7) is 2.83. The lowest BCUT2D eigenvalue weighted by Gasteiger charge is -2.19. The van der Waals surface area contributed by atoms with Crippen molar-refractivity contribution in [1.29, 1.82) is 0 Å². The van der Waals surface area contributed by atoms with Crippen LogP contribution in [0.25, 0.3) is 22.3 Å². The molecule has 1 aliphatic carbocycles. The van der Waals surface area contributed by atoms with Gasteiger partial charge in [0.1, 0.15) is 11.5 Å². The summed E-state index contributed by atoms with van der Waals surface area (Å²) < 4.78 is 6.94. The second-order valence-corrected chi connectivity index (χ2v) is 9.35. The summed E-state index contributed by atoms with van der Waals surface area (Å²) in [6.07, 6.45) is 3.98. The highest BCUT2D eigenvalue weighted by atomic mass is 16.5. The van der Waals surface area contributed by atoms with Gasteiger partial charge in [0.2, 0.25) is 0 Å². The Morgan fingerprint density at radius 3 is 2.69 bits per heavy atom. The molecule has 1 saturated carbocycles. The molecule has 3 aromatic heterocycles. The highest BCUT2D eigenvalue weighted by Gasteiger charge is 2.29. The largest absolute Gasteiger partial charge is 0.361 e. The number of aromatic nitrogens is 4. The van der Waals surface area contributed by atoms with Crippen molar-refractivity contribution in [2.75, 3.05) is 13.6 Å². The summed E-state index contributed by atoms with van der Waals surface area (Å²) in [4.78, 5) is 47.5. The summed E-state index contributed by atoms with van der Waals surface area (Å²) in [5, 5.41) is 4.32. The van der Waals surface area contributed by atoms with Crippen LogP contribution in [0.2, 0.25) is 0 Å². The van der Waals surface area contributed by atoms with Crippen molar-refractivity contribution in [2.45, 2.75) is 51.5 Å². The second-order valence-electron chi connectivity index (χ2n) is 9.35. The van der Waals surface area contributed by atoms with Crippen molar-refractivity contribution in [3.8, 4) is 11.3 Å². The summed E-state index contributed by atoms with van der Waals surface area (Å²) >= 11 is 0. The van der Waals surface area contributed by atoms with Crippen LogP contribution in [0.4, 0.5) is 0 Å². The third-order valence-corrected chi connectivity index (χ3v) is 6.53. The first-order valence-electron chi connectivity index (χ1n) is 12.4. The Morgan fingerprint density at radius 1 is 1.19 bits per heavy atom. The molecule has 4 aromatic rings. The van der Waals surface area contributed by atoms with Gasteiger partial charge in [0.25, 0.3) is 11.5 Å². The maximum absolute atomic E-state index is 13.5. The number of nitrogens with zero attached hydrogens (tertiary/aromatic N) is 4. The highest BCUT2D eigenvalue weighted by Crippen LogP contribution is 2.40. The lowest BCUT2D eigenvalue weighted by atomic mass is 10.1. The molecule has 0 unspecified atom stereocenters. The first kappa shape index (κ1) is 23.7. The molecule has 0 saturated heterocycles. The maximum Gasteiger partial charge on any atom is 0.329 e. The van der Waals surface area contributed by atoms with E-state index < -0.39 is 11.2 Å². The van der Waals surface area contributed by atoms with Gasteiger partial charge in [0.05, 0.1) is 10.9 Å². The number of carbonyl (C=O) groups is 1. The Balaban J connectivity index is 1.37. The van der Waals surface area contributed by atoms with Crippen molar-refractivity contribution in [3.63, 3.8) is 0 Å². The molecule has 1 amide bonds. The van der Waals surface area contributed by atoms with E-state index in [4.69, 9.17) is 4.52 Å². The number of nitrogens with one attached hydrogen (secondary N) is 1. The maximum atomic E-state index is 13.5. The van der Waals surface area contributed by atoms with Gasteiger partial charge in [0.15, 0.2) is 5.65 Å². The van der Waals surface area contributed by atoms with Crippen LogP contribution in [0.15, 0.2) is 56.6 Å². The van der Waals surface area contributed by atoms with E-state index in [1.54, 1.807) is 18.0 Å². The minimum Gasteiger partial charge on any atom is -0.361 e. The van der Waals surface area contributed by atoms with Gasteiger partial charge in [-0.1, -0.05) is 42.4 Å². The number of fused-ring (bicyclic) bond motifs is 1. The monoisotopic (exact) mass is 487 g/mol. The number of H-pyrrole nitrogens is 1. The minimum atomic E-state index is -0.580. The lowest BCUT2D eigenvalue weighted by Crippen LogP contribution is -2.34. The molecule has 1 fully saturated rings. The number of pyridine rings is 1. The number of aryl methyl sites for hydroxylation is 2. The van der Waals surface area contributed by atoms with Gasteiger partial charge in [-0.25, -0.2) is 9.78 Å². The van der Waals surface area contributed by atoms with E-state index in [0.29, 0.717) is 43.6 Å². The number of rotatable bonds is 9. The molecule has 5 rings (SSSR count). The average Bonchev–Trinajstić information content (AvgIpc) is 3.63. The molecular weight excluding hydrogens is 458 g/mol. The predicted octanol–water partition coefficient (Wildman–Crippen LogP) is 3.73. The van der Waals surface area contributed by atoms with Gasteiger partial charge < -0.3 is 9.42 Å². The van der Waals surface area contributed by atoms with Crippen LogP contribution in [-0.4, -0.2) is 44.1 Å². The van der Waals surface area contributed by atoms with E-state index in [9.17, 15) is 14.4 Å². The van der Waals surface area contributed by atoms with Crippen LogP contribution in [-0.2, 0) is 13.0 Å². The van der Waals surface area contributed by atoms with Crippen molar-refractivity contribution in [2.24, 2.45) is 0 Å². The first-order valence-corrected chi connectivity index (χ1v) is 12.4. The quantitative estimate of drug-likeness (QED) is 0.385. The predicted molar refractivity (Wildman–Crippen MR) is 136 cm³/mol. The summed E-state index contributed by atoms with van der Waals surface area (Å²) in [7, 11) is 1.72. The molecule has 9 nitrogen and oxygen atoms in total. The molecular formula is C27H29N5O4. The van der Waals surface area contributed by atoms with Gasteiger partial charge in [-0.15, -0.1) is 0 Å². The van der Waals surface area contributed by atoms with Crippen molar-refractivity contribution in [3.05, 3.63) is 80.3 Å². The Labute approximate surface area is 207 Å². The molecule has 0 spiro atoms. The topological polar surface area (TPSA) is 114 Å². The van der Waals surface area contributed by atoms with Crippen molar-refractivity contribution < 1.29 is 9.32 Å². The van der Waals surface area contributed by atoms with Gasteiger partial charge in [-0.2, -0.15) is 0 Å². The zero-order chi connectivity index (χ0) is 25.2. The SMILES string of the molecule is CCCn1c(=O)[nH]c(=O)c2c(C(=O)N(C)CCCc3cc(-c4ccccc4)no3)cc(C3CC3)nc21. The number of hydrogen-bond donors (Lipinski definition) is 1. The van der Waals surface area contributed by atoms with Gasteiger partial charge in [-0.05, 0) is 31.7 Å². The zero-order valence-electron chi connectivity index (χ0n) is 20.5. The highest BCUT2D eigenvalue weighted by molar-refractivity contribution is 6.05. The molecule has 1 N–H and O–H groups in total. The molecule has 186 valence electrons. The molecule has 3 heterocycles. The molecule has 9 heteroatoms. The van der Waals surface area contributed by atoms with Crippen LogP contribution in [0.1, 0.15) is 60.3 Å². The van der Waals surface area contributed by atoms with Crippen LogP contribution >= 0.6 is 0 Å². The van der Waals surface area contributed by atoms with E-state index in [-0.39, 0.29) is 17.2 Å². The van der Waals surface area contributed by atoms with E-state index in [1.807, 2.05) is 43.3 Å². The Kier molecular flexibility index (Phi) is 6.54. The Bertz CT molecular complexity index is 1510. The fourth-order valence-electron chi connectivity index (χ4n) is 4.45. The first-order chi connectivity index (χ1) is 17.5. The van der Waals surface area contributed by atoms with E-state index in [1.165, 1.54) is 4.57 Å². The number of aromatic amines is 1. The second kappa shape index (κ2) is 9.93. The van der Waals surface area contributed by atoms with Crippen LogP contribution in [0.3, 0.4) is 0 Å². The Hall–Kier alpha value is -4.01. The summed E-state index contributed by atoms with van der Waals surface area (Å²) in [6, 6.07) is 13.5. The number of amides is 1. The minimum absolute atomic E-state index is 0.173. The Morgan fingerprint density at radius 2 is 1.97 bits per heavy atom. The standard InChI is InChI=1S/C27H29N5O4/c1-3-13-32-24-23(25(33)29-27(32)35)20(16-21(28-24)18-11-12-18)26(34)31(2)14-7-10-19-15-22(30-36-19)17-8-5-4-6-9-17/h4-6,8-9,15-16,18H,3,7,10-14H2,1-2H3,(H,29,33,35). The molecule has 1 aliphatic rings. The number of carbonyl (C=O) groups excluding carboxylic acids is 1. The average molecular weight is 488 g/mol. The van der Waals surface area contributed by atoms with E-state index >= 15 is 0 Å². The third kappa shape index (κ3) is 4.73. The molecule has 1 aromatic carbocycles. The molecule has 0 radical (unpaired) electrons. The summed E-state index contributed by atoms with van der Waals surface area (Å²) in [5.74, 6) is 0.750. The van der Waals surface area contributed by atoms with E-state index in [0.717, 1.165) is 35.6 Å². The molecule has 0 bridgehead atoms. The zero-order valence-corrected chi connectivity index (χ0v) is 20.5. The van der Waals surface area contributed by atoms with Gasteiger partial charge in [0, 0.05) is 49.8 Å². The van der Waals surface area contributed by atoms with Crippen LogP contribution in [0, 0.1) is 0 Å². The van der Waals surface area contributed by atoms with Crippen molar-refractivity contribution >= 4 is 16.9 Å². The van der Waals surface area contributed by atoms with Crippen LogP contribution < -0.4 is 11.2 Å². The smallest absolute Gasteiger partial charge is 0.329 e. The van der Waals surface area contributed by atoms with Gasteiger partial charge in [-0.3, -0.25) is 19.1 Å². The number of hydrogen-bond acceptors (Lipinski definition) is 6. The fraction of sp³-hybridized carbons (Fsp3) is 0.370. The number of benzene rings is 1. The normalized spacial score (nSPS) is 13.3. The molecule has 36 heavy (non-hydrogen) atoms. The summed E-state index contributed by atoms with van der Waals surface area (Å²) in [5.41, 5.74) is 2.05. The fourth-order valence-corrected chi connectivity index (χ4v) is 4.45. The van der Waals surface area contributed by atoms with Gasteiger partial charge >= 0.3 is 5.69 Å². The third-order valence-electron chi connectivity index (χ3n) is 6.53.